The lowest BCUT2D eigenvalue weighted by atomic mass is 9.81. The third-order valence-electron chi connectivity index (χ3n) is 2.56. The van der Waals surface area contributed by atoms with Crippen molar-refractivity contribution in [3.8, 4) is 0 Å². The molecule has 0 aromatic carbocycles. The van der Waals surface area contributed by atoms with Crippen LogP contribution in [-0.2, 0) is 19.1 Å². The summed E-state index contributed by atoms with van der Waals surface area (Å²) in [4.78, 5) is 24.3. The van der Waals surface area contributed by atoms with Crippen molar-refractivity contribution in [2.24, 2.45) is 5.41 Å². The summed E-state index contributed by atoms with van der Waals surface area (Å²) >= 11 is 0. The Balaban J connectivity index is 5.36. The van der Waals surface area contributed by atoms with E-state index in [2.05, 4.69) is 13.2 Å². The van der Waals surface area contributed by atoms with Gasteiger partial charge in [-0.25, -0.2) is 0 Å². The lowest BCUT2D eigenvalue weighted by molar-refractivity contribution is -0.171. The van der Waals surface area contributed by atoms with Crippen LogP contribution in [0.15, 0.2) is 37.5 Å². The molecule has 0 heterocycles. The zero-order valence-corrected chi connectivity index (χ0v) is 11.7. The highest BCUT2D eigenvalue weighted by atomic mass is 16.6. The van der Waals surface area contributed by atoms with Crippen LogP contribution in [0.25, 0.3) is 0 Å². The molecule has 0 aliphatic carbocycles. The first-order chi connectivity index (χ1) is 9.08. The second kappa shape index (κ2) is 9.14. The van der Waals surface area contributed by atoms with E-state index in [1.54, 1.807) is 32.1 Å². The molecule has 0 saturated heterocycles. The van der Waals surface area contributed by atoms with Gasteiger partial charge in [0.1, 0.15) is 0 Å². The zero-order valence-electron chi connectivity index (χ0n) is 11.7. The molecular weight excluding hydrogens is 244 g/mol. The fourth-order valence-electron chi connectivity index (χ4n) is 1.65. The molecule has 4 heteroatoms. The minimum Gasteiger partial charge on any atom is -0.465 e. The highest BCUT2D eigenvalue weighted by molar-refractivity contribution is 6.00. The van der Waals surface area contributed by atoms with E-state index in [0.29, 0.717) is 0 Å². The van der Waals surface area contributed by atoms with Gasteiger partial charge in [0.15, 0.2) is 5.41 Å². The molecule has 0 aromatic rings. The lowest BCUT2D eigenvalue weighted by Gasteiger charge is -2.26. The molecule has 0 rings (SSSR count). The summed E-state index contributed by atoms with van der Waals surface area (Å²) in [5, 5.41) is 0. The minimum atomic E-state index is -1.35. The largest absolute Gasteiger partial charge is 0.465 e. The van der Waals surface area contributed by atoms with Gasteiger partial charge in [-0.2, -0.15) is 0 Å². The second-order valence-electron chi connectivity index (χ2n) is 3.88. The van der Waals surface area contributed by atoms with Gasteiger partial charge in [0.2, 0.25) is 0 Å². The van der Waals surface area contributed by atoms with E-state index in [1.807, 2.05) is 0 Å². The maximum Gasteiger partial charge on any atom is 0.324 e. The normalized spacial score (nSPS) is 11.1. The summed E-state index contributed by atoms with van der Waals surface area (Å²) < 4.78 is 10.0. The number of hydrogen-bond acceptors (Lipinski definition) is 4. The van der Waals surface area contributed by atoms with Crippen LogP contribution in [-0.4, -0.2) is 25.2 Å². The van der Waals surface area contributed by atoms with Crippen LogP contribution in [0.3, 0.4) is 0 Å². The number of ether oxygens (including phenoxy) is 2. The summed E-state index contributed by atoms with van der Waals surface area (Å²) in [6.45, 7) is 11.0. The Morgan fingerprint density at radius 1 is 1.05 bits per heavy atom. The first kappa shape index (κ1) is 17.2. The van der Waals surface area contributed by atoms with Crippen molar-refractivity contribution in [3.05, 3.63) is 37.5 Å². The SMILES string of the molecule is C=C/C=C/CC(CC=C)(C(=O)OCC)C(=O)OCC. The number of carbonyl (C=O) groups excluding carboxylic acids is 2. The fraction of sp³-hybridized carbons (Fsp3) is 0.467. The van der Waals surface area contributed by atoms with E-state index in [9.17, 15) is 9.59 Å². The van der Waals surface area contributed by atoms with Crippen molar-refractivity contribution in [1.82, 2.24) is 0 Å². The maximum atomic E-state index is 12.1. The van der Waals surface area contributed by atoms with Crippen molar-refractivity contribution >= 4 is 11.9 Å². The molecule has 4 nitrogen and oxygen atoms in total. The first-order valence-corrected chi connectivity index (χ1v) is 6.31. The highest BCUT2D eigenvalue weighted by Crippen LogP contribution is 2.31. The zero-order chi connectivity index (χ0) is 14.7. The molecule has 0 atom stereocenters. The first-order valence-electron chi connectivity index (χ1n) is 6.31. The van der Waals surface area contributed by atoms with Gasteiger partial charge in [-0.3, -0.25) is 9.59 Å². The van der Waals surface area contributed by atoms with Crippen molar-refractivity contribution in [1.29, 1.82) is 0 Å². The van der Waals surface area contributed by atoms with Crippen LogP contribution < -0.4 is 0 Å². The van der Waals surface area contributed by atoms with E-state index in [4.69, 9.17) is 9.47 Å². The Morgan fingerprint density at radius 2 is 1.58 bits per heavy atom. The van der Waals surface area contributed by atoms with Gasteiger partial charge in [-0.15, -0.1) is 6.58 Å². The van der Waals surface area contributed by atoms with E-state index in [0.717, 1.165) is 0 Å². The quantitative estimate of drug-likeness (QED) is 0.279. The number of carbonyl (C=O) groups is 2. The van der Waals surface area contributed by atoms with Gasteiger partial charge >= 0.3 is 11.9 Å². The maximum absolute atomic E-state index is 12.1. The predicted octanol–water partition coefficient (Wildman–Crippen LogP) is 2.81. The summed E-state index contributed by atoms with van der Waals surface area (Å²) in [5.41, 5.74) is -1.35. The molecule has 0 N–H and O–H groups in total. The number of hydrogen-bond donors (Lipinski definition) is 0. The van der Waals surface area contributed by atoms with Crippen LogP contribution in [0.2, 0.25) is 0 Å². The van der Waals surface area contributed by atoms with Crippen LogP contribution >= 0.6 is 0 Å². The Kier molecular flexibility index (Phi) is 8.25. The van der Waals surface area contributed by atoms with E-state index >= 15 is 0 Å². The molecule has 19 heavy (non-hydrogen) atoms. The second-order valence-corrected chi connectivity index (χ2v) is 3.88. The van der Waals surface area contributed by atoms with Crippen LogP contribution in [0.1, 0.15) is 26.7 Å². The third-order valence-corrected chi connectivity index (χ3v) is 2.56. The lowest BCUT2D eigenvalue weighted by Crippen LogP contribution is -2.41. The van der Waals surface area contributed by atoms with Crippen LogP contribution in [0.5, 0.6) is 0 Å². The molecule has 0 unspecified atom stereocenters. The predicted molar refractivity (Wildman–Crippen MR) is 74.5 cm³/mol. The smallest absolute Gasteiger partial charge is 0.324 e. The molecule has 0 aliphatic rings. The Morgan fingerprint density at radius 3 is 1.95 bits per heavy atom. The molecule has 0 spiro atoms. The van der Waals surface area contributed by atoms with E-state index in [-0.39, 0.29) is 26.1 Å². The van der Waals surface area contributed by atoms with Crippen LogP contribution in [0.4, 0.5) is 0 Å². The Labute approximate surface area is 114 Å². The molecule has 0 radical (unpaired) electrons. The highest BCUT2D eigenvalue weighted by Gasteiger charge is 2.46. The van der Waals surface area contributed by atoms with Gasteiger partial charge in [0.25, 0.3) is 0 Å². The van der Waals surface area contributed by atoms with Crippen molar-refractivity contribution < 1.29 is 19.1 Å². The molecular formula is C15H22O4. The molecule has 0 aromatic heterocycles. The van der Waals surface area contributed by atoms with E-state index in [1.165, 1.54) is 6.08 Å². The number of allylic oxidation sites excluding steroid dienone is 4. The van der Waals surface area contributed by atoms with Gasteiger partial charge < -0.3 is 9.47 Å². The summed E-state index contributed by atoms with van der Waals surface area (Å²) in [5.74, 6) is -1.16. The van der Waals surface area contributed by atoms with Crippen molar-refractivity contribution in [2.45, 2.75) is 26.7 Å². The molecule has 0 fully saturated rings. The molecule has 0 amide bonds. The van der Waals surface area contributed by atoms with Gasteiger partial charge in [0.05, 0.1) is 13.2 Å². The number of rotatable bonds is 9. The fourth-order valence-corrected chi connectivity index (χ4v) is 1.65. The van der Waals surface area contributed by atoms with E-state index < -0.39 is 17.4 Å². The average molecular weight is 266 g/mol. The van der Waals surface area contributed by atoms with Gasteiger partial charge in [-0.05, 0) is 26.7 Å². The third kappa shape index (κ3) is 4.73. The molecule has 106 valence electrons. The Hall–Kier alpha value is -1.84. The van der Waals surface area contributed by atoms with Crippen molar-refractivity contribution in [3.63, 3.8) is 0 Å². The van der Waals surface area contributed by atoms with Crippen molar-refractivity contribution in [2.75, 3.05) is 13.2 Å². The topological polar surface area (TPSA) is 52.6 Å². The molecule has 0 bridgehead atoms. The van der Waals surface area contributed by atoms with Gasteiger partial charge in [0, 0.05) is 0 Å². The molecule has 0 aliphatic heterocycles. The monoisotopic (exact) mass is 266 g/mol. The molecule has 0 saturated carbocycles. The summed E-state index contributed by atoms with van der Waals surface area (Å²) in [6, 6.07) is 0. The summed E-state index contributed by atoms with van der Waals surface area (Å²) in [7, 11) is 0. The van der Waals surface area contributed by atoms with Gasteiger partial charge in [-0.1, -0.05) is 30.9 Å². The van der Waals surface area contributed by atoms with Crippen LogP contribution in [0, 0.1) is 5.41 Å². The minimum absolute atomic E-state index is 0.173. The Bertz CT molecular complexity index is 337. The average Bonchev–Trinajstić information content (AvgIpc) is 2.38. The summed E-state index contributed by atoms with van der Waals surface area (Å²) in [6.07, 6.45) is 6.85. The number of esters is 2. The standard InChI is InChI=1S/C15H22O4/c1-5-9-10-12-15(11-6-2,13(16)18-7-3)14(17)19-8-4/h5-6,9-10H,1-2,7-8,11-12H2,3-4H3/b10-9+.